The molecule has 1 unspecified atom stereocenters. The average Bonchev–Trinajstić information content (AvgIpc) is 3.13. The average molecular weight is 360 g/mol. The van der Waals surface area contributed by atoms with E-state index in [2.05, 4.69) is 59.4 Å². The van der Waals surface area contributed by atoms with E-state index in [-0.39, 0.29) is 6.10 Å². The lowest BCUT2D eigenvalue weighted by Gasteiger charge is -2.16. The van der Waals surface area contributed by atoms with Crippen LogP contribution in [0.3, 0.4) is 0 Å². The van der Waals surface area contributed by atoms with Crippen LogP contribution < -0.4 is 15.4 Å². The predicted octanol–water partition coefficient (Wildman–Crippen LogP) is 3.44. The number of H-pyrrole nitrogens is 1. The minimum absolute atomic E-state index is 0.124. The number of ether oxygens (including phenoxy) is 2. The van der Waals surface area contributed by atoms with Gasteiger partial charge in [-0.1, -0.05) is 48.0 Å². The normalized spacial score (nSPS) is 14.0. The molecule has 4 heteroatoms. The van der Waals surface area contributed by atoms with Crippen LogP contribution in [0.25, 0.3) is 6.08 Å². The lowest BCUT2D eigenvalue weighted by Crippen LogP contribution is -2.30. The molecule has 138 valence electrons. The Morgan fingerprint density at radius 3 is 2.59 bits per heavy atom. The summed E-state index contributed by atoms with van der Waals surface area (Å²) in [6.07, 6.45) is 5.09. The minimum Gasteiger partial charge on any atom is -0.489 e. The number of nitrogens with one attached hydrogen (secondary N) is 1. The number of hydrogen-bond acceptors (Lipinski definition) is 3. The molecule has 1 aromatic heterocycles. The van der Waals surface area contributed by atoms with Crippen LogP contribution in [0.2, 0.25) is 0 Å². The van der Waals surface area contributed by atoms with Gasteiger partial charge in [-0.2, -0.15) is 0 Å². The van der Waals surface area contributed by atoms with Crippen molar-refractivity contribution in [1.29, 1.82) is 0 Å². The first-order valence-electron chi connectivity index (χ1n) is 9.27. The summed E-state index contributed by atoms with van der Waals surface area (Å²) in [7, 11) is 1.74. The molecule has 0 amide bonds. The quantitative estimate of drug-likeness (QED) is 0.732. The molecule has 0 aliphatic carbocycles. The van der Waals surface area contributed by atoms with E-state index < -0.39 is 0 Å². The maximum absolute atomic E-state index is 5.91. The summed E-state index contributed by atoms with van der Waals surface area (Å²) in [6, 6.07) is 16.5. The van der Waals surface area contributed by atoms with E-state index in [1.807, 2.05) is 18.3 Å². The zero-order chi connectivity index (χ0) is 18.6. The molecule has 4 rings (SSSR count). The second-order valence-electron chi connectivity index (χ2n) is 6.84. The lowest BCUT2D eigenvalue weighted by atomic mass is 10.0. The molecule has 1 aliphatic rings. The molecule has 0 bridgehead atoms. The Kier molecular flexibility index (Phi) is 5.07. The minimum atomic E-state index is -0.124. The number of rotatable bonds is 6. The maximum atomic E-state index is 5.91. The highest BCUT2D eigenvalue weighted by atomic mass is 16.5. The van der Waals surface area contributed by atoms with E-state index in [0.717, 1.165) is 46.1 Å². The molecule has 3 aromatic rings. The molecule has 4 nitrogen and oxygen atoms in total. The molecule has 0 saturated heterocycles. The van der Waals surface area contributed by atoms with Crippen molar-refractivity contribution in [1.82, 2.24) is 4.98 Å². The van der Waals surface area contributed by atoms with E-state index in [4.69, 9.17) is 9.47 Å². The van der Waals surface area contributed by atoms with E-state index in [1.54, 1.807) is 7.11 Å². The Balaban J connectivity index is 1.51. The smallest absolute Gasteiger partial charge is 0.132 e. The molecule has 0 fully saturated rings. The molecule has 27 heavy (non-hydrogen) atoms. The number of aryl methyl sites for hydroxylation is 1. The monoisotopic (exact) mass is 360 g/mol. The van der Waals surface area contributed by atoms with Gasteiger partial charge in [-0.25, -0.2) is 0 Å². The van der Waals surface area contributed by atoms with E-state index in [0.29, 0.717) is 6.61 Å². The van der Waals surface area contributed by atoms with Crippen LogP contribution in [0.15, 0.2) is 59.7 Å². The highest BCUT2D eigenvalue weighted by molar-refractivity contribution is 5.38. The SMILES string of the molecule is COC(c1ccc(OCc2ccc(C)cc2)cc1)c1c[nH]c2c1=CCCN=2. The summed E-state index contributed by atoms with van der Waals surface area (Å²) in [5.41, 5.74) is 5.60. The number of aromatic amines is 1. The standard InChI is InChI=1S/C23H24N2O2/c1-16-5-7-17(8-6-16)15-27-19-11-9-18(10-12-19)22(26-2)21-14-25-23-20(21)4-3-13-24-23/h4-12,14,22H,3,13,15H2,1-2H3,(H,24,25). The van der Waals surface area contributed by atoms with Crippen molar-refractivity contribution in [3.8, 4) is 5.75 Å². The zero-order valence-electron chi connectivity index (χ0n) is 15.7. The van der Waals surface area contributed by atoms with Crippen LogP contribution in [-0.2, 0) is 11.3 Å². The van der Waals surface area contributed by atoms with Crippen LogP contribution in [0.4, 0.5) is 0 Å². The molecular formula is C23H24N2O2. The van der Waals surface area contributed by atoms with Crippen molar-refractivity contribution < 1.29 is 9.47 Å². The lowest BCUT2D eigenvalue weighted by molar-refractivity contribution is 0.136. The van der Waals surface area contributed by atoms with E-state index >= 15 is 0 Å². The first-order chi connectivity index (χ1) is 13.2. The van der Waals surface area contributed by atoms with Crippen molar-refractivity contribution in [3.63, 3.8) is 0 Å². The van der Waals surface area contributed by atoms with Crippen LogP contribution in [0.1, 0.15) is 34.8 Å². The Morgan fingerprint density at radius 2 is 1.85 bits per heavy atom. The third-order valence-corrected chi connectivity index (χ3v) is 4.91. The largest absolute Gasteiger partial charge is 0.489 e. The van der Waals surface area contributed by atoms with Gasteiger partial charge >= 0.3 is 0 Å². The van der Waals surface area contributed by atoms with Crippen molar-refractivity contribution in [2.24, 2.45) is 4.99 Å². The molecule has 2 aromatic carbocycles. The fourth-order valence-corrected chi connectivity index (χ4v) is 3.42. The van der Waals surface area contributed by atoms with Crippen molar-refractivity contribution >= 4 is 6.08 Å². The van der Waals surface area contributed by atoms with Crippen LogP contribution in [-0.4, -0.2) is 18.6 Å². The fraction of sp³-hybridized carbons (Fsp3) is 0.261. The van der Waals surface area contributed by atoms with Crippen molar-refractivity contribution in [2.75, 3.05) is 13.7 Å². The van der Waals surface area contributed by atoms with Gasteiger partial charge in [-0.05, 0) is 36.6 Å². The molecule has 1 aliphatic heterocycles. The molecule has 0 saturated carbocycles. The number of benzene rings is 2. The molecule has 0 spiro atoms. The Labute approximate surface area is 159 Å². The number of aromatic nitrogens is 1. The van der Waals surface area contributed by atoms with Gasteiger partial charge in [0.05, 0.1) is 0 Å². The Bertz CT molecular complexity index is 1020. The van der Waals surface area contributed by atoms with Crippen LogP contribution >= 0.6 is 0 Å². The van der Waals surface area contributed by atoms with Gasteiger partial charge in [-0.15, -0.1) is 0 Å². The second kappa shape index (κ2) is 7.80. The third kappa shape index (κ3) is 3.81. The predicted molar refractivity (Wildman–Crippen MR) is 106 cm³/mol. The third-order valence-electron chi connectivity index (χ3n) is 4.91. The molecule has 1 N–H and O–H groups in total. The number of methoxy groups -OCH3 is 1. The highest BCUT2D eigenvalue weighted by Gasteiger charge is 2.17. The number of fused-ring (bicyclic) bond motifs is 1. The van der Waals surface area contributed by atoms with Gasteiger partial charge in [0.1, 0.15) is 23.9 Å². The van der Waals surface area contributed by atoms with Crippen LogP contribution in [0, 0.1) is 6.92 Å². The molecule has 2 heterocycles. The summed E-state index contributed by atoms with van der Waals surface area (Å²) in [5.74, 6) is 0.854. The zero-order valence-corrected chi connectivity index (χ0v) is 15.7. The Morgan fingerprint density at radius 1 is 1.07 bits per heavy atom. The molecular weight excluding hydrogens is 336 g/mol. The van der Waals surface area contributed by atoms with Crippen molar-refractivity contribution in [2.45, 2.75) is 26.1 Å². The van der Waals surface area contributed by atoms with Crippen molar-refractivity contribution in [3.05, 3.63) is 87.7 Å². The van der Waals surface area contributed by atoms with Gasteiger partial charge in [0.2, 0.25) is 0 Å². The molecule has 1 atom stereocenters. The molecule has 0 radical (unpaired) electrons. The van der Waals surface area contributed by atoms with Gasteiger partial charge < -0.3 is 14.5 Å². The first-order valence-corrected chi connectivity index (χ1v) is 9.27. The Hall–Kier alpha value is -2.85. The summed E-state index contributed by atoms with van der Waals surface area (Å²) in [4.78, 5) is 7.80. The summed E-state index contributed by atoms with van der Waals surface area (Å²) in [5, 5.41) is 1.16. The topological polar surface area (TPSA) is 46.6 Å². The second-order valence-corrected chi connectivity index (χ2v) is 6.84. The van der Waals surface area contributed by atoms with E-state index in [1.165, 1.54) is 5.56 Å². The van der Waals surface area contributed by atoms with Crippen LogP contribution in [0.5, 0.6) is 5.75 Å². The summed E-state index contributed by atoms with van der Waals surface area (Å²) in [6.45, 7) is 3.50. The highest BCUT2D eigenvalue weighted by Crippen LogP contribution is 2.25. The fourth-order valence-electron chi connectivity index (χ4n) is 3.42. The van der Waals surface area contributed by atoms with Gasteiger partial charge in [0, 0.05) is 30.6 Å². The van der Waals surface area contributed by atoms with Gasteiger partial charge in [-0.3, -0.25) is 4.99 Å². The first kappa shape index (κ1) is 17.6. The van der Waals surface area contributed by atoms with E-state index in [9.17, 15) is 0 Å². The number of nitrogens with zero attached hydrogens (tertiary/aromatic N) is 1. The summed E-state index contributed by atoms with van der Waals surface area (Å²) < 4.78 is 11.7. The number of hydrogen-bond donors (Lipinski definition) is 1. The maximum Gasteiger partial charge on any atom is 0.132 e. The van der Waals surface area contributed by atoms with Gasteiger partial charge in [0.25, 0.3) is 0 Å². The van der Waals surface area contributed by atoms with Gasteiger partial charge in [0.15, 0.2) is 0 Å². The summed E-state index contributed by atoms with van der Waals surface area (Å²) >= 11 is 0.